The van der Waals surface area contributed by atoms with Gasteiger partial charge in [-0.3, -0.25) is 4.57 Å². The molecule has 2 aromatic carbocycles. The first kappa shape index (κ1) is 20.5. The Bertz CT molecular complexity index is 1190. The normalized spacial score (nSPS) is 20.7. The number of aromatic amines is 1. The van der Waals surface area contributed by atoms with Crippen LogP contribution in [-0.4, -0.2) is 58.0 Å². The zero-order chi connectivity index (χ0) is 22.0. The number of anilines is 2. The zero-order valence-corrected chi connectivity index (χ0v) is 18.7. The number of aromatic nitrogens is 4. The summed E-state index contributed by atoms with van der Waals surface area (Å²) in [7, 11) is 0. The lowest BCUT2D eigenvalue weighted by Gasteiger charge is -2.26. The van der Waals surface area contributed by atoms with Crippen LogP contribution in [0.5, 0.6) is 0 Å². The van der Waals surface area contributed by atoms with E-state index in [0.717, 1.165) is 86.0 Å². The quantitative estimate of drug-likeness (QED) is 0.423. The van der Waals surface area contributed by atoms with E-state index in [1.807, 2.05) is 24.3 Å². The van der Waals surface area contributed by atoms with E-state index in [1.54, 1.807) is 0 Å². The molecule has 2 aromatic heterocycles. The number of nitrogens with one attached hydrogen (secondary N) is 2. The van der Waals surface area contributed by atoms with E-state index >= 15 is 0 Å². The predicted octanol–water partition coefficient (Wildman–Crippen LogP) is 4.15. The minimum Gasteiger partial charge on any atom is -0.376 e. The highest BCUT2D eigenvalue weighted by atomic mass is 16.5. The monoisotopic (exact) mass is 446 g/mol. The van der Waals surface area contributed by atoms with E-state index in [0.29, 0.717) is 6.67 Å². The number of ether oxygens (including phenoxy) is 2. The number of fused-ring (bicyclic) bond motifs is 2. The summed E-state index contributed by atoms with van der Waals surface area (Å²) in [5.41, 5.74) is 4.09. The van der Waals surface area contributed by atoms with E-state index in [2.05, 4.69) is 44.0 Å². The van der Waals surface area contributed by atoms with Crippen molar-refractivity contribution >= 4 is 34.0 Å². The van der Waals surface area contributed by atoms with Crippen LogP contribution in [-0.2, 0) is 16.1 Å². The van der Waals surface area contributed by atoms with Gasteiger partial charge in [-0.15, -0.1) is 0 Å². The molecule has 0 aliphatic carbocycles. The van der Waals surface area contributed by atoms with Crippen LogP contribution in [0.4, 0.5) is 11.9 Å². The molecule has 0 amide bonds. The molecule has 2 atom stereocenters. The molecule has 8 nitrogen and oxygen atoms in total. The van der Waals surface area contributed by atoms with Gasteiger partial charge in [0, 0.05) is 26.3 Å². The lowest BCUT2D eigenvalue weighted by Crippen LogP contribution is -2.35. The van der Waals surface area contributed by atoms with Crippen molar-refractivity contribution in [2.45, 2.75) is 44.6 Å². The summed E-state index contributed by atoms with van der Waals surface area (Å²) < 4.78 is 14.1. The maximum absolute atomic E-state index is 5.99. The van der Waals surface area contributed by atoms with Crippen molar-refractivity contribution in [3.63, 3.8) is 0 Å². The molecule has 0 radical (unpaired) electrons. The van der Waals surface area contributed by atoms with Gasteiger partial charge in [0.05, 0.1) is 34.3 Å². The SMILES string of the molecule is c1ccc2[nH]c(N(C[C@H]3CCCO3)Cn3c(NC[C@@H]4CCCO4)nc4ccccc43)nc2c1. The second kappa shape index (κ2) is 9.03. The predicted molar refractivity (Wildman–Crippen MR) is 130 cm³/mol. The molecule has 2 fully saturated rings. The molecule has 0 saturated carbocycles. The minimum atomic E-state index is 0.205. The molecule has 8 heteroatoms. The third-order valence-electron chi connectivity index (χ3n) is 6.60. The van der Waals surface area contributed by atoms with Gasteiger partial charge < -0.3 is 24.7 Å². The van der Waals surface area contributed by atoms with Crippen molar-refractivity contribution in [1.82, 2.24) is 19.5 Å². The standard InChI is InChI=1S/C25H30N6O2/c1-2-10-21-20(9-1)27-25(28-21)30(16-19-8-6-14-33-19)17-31-23-12-4-3-11-22(23)29-24(31)26-15-18-7-5-13-32-18/h1-4,9-12,18-19H,5-8,13-17H2,(H,26,29)(H,27,28)/t18-,19+/m0/s1. The van der Waals surface area contributed by atoms with Crippen LogP contribution in [0.15, 0.2) is 48.5 Å². The second-order valence-electron chi connectivity index (χ2n) is 8.94. The summed E-state index contributed by atoms with van der Waals surface area (Å²) >= 11 is 0. The average Bonchev–Trinajstić information content (AvgIpc) is 3.64. The van der Waals surface area contributed by atoms with Crippen molar-refractivity contribution < 1.29 is 9.47 Å². The lowest BCUT2D eigenvalue weighted by molar-refractivity contribution is 0.114. The highest BCUT2D eigenvalue weighted by Gasteiger charge is 2.24. The van der Waals surface area contributed by atoms with Crippen LogP contribution < -0.4 is 10.2 Å². The van der Waals surface area contributed by atoms with Gasteiger partial charge in [0.25, 0.3) is 0 Å². The average molecular weight is 447 g/mol. The van der Waals surface area contributed by atoms with Gasteiger partial charge in [-0.1, -0.05) is 24.3 Å². The van der Waals surface area contributed by atoms with E-state index in [-0.39, 0.29) is 12.2 Å². The third kappa shape index (κ3) is 4.28. The number of hydrogen-bond donors (Lipinski definition) is 2. The summed E-state index contributed by atoms with van der Waals surface area (Å²) in [5.74, 6) is 1.72. The van der Waals surface area contributed by atoms with Crippen molar-refractivity contribution in [2.24, 2.45) is 0 Å². The molecular weight excluding hydrogens is 416 g/mol. The van der Waals surface area contributed by atoms with Gasteiger partial charge in [-0.2, -0.15) is 0 Å². The van der Waals surface area contributed by atoms with Crippen molar-refractivity contribution in [1.29, 1.82) is 0 Å². The van der Waals surface area contributed by atoms with Crippen LogP contribution >= 0.6 is 0 Å². The summed E-state index contributed by atoms with van der Waals surface area (Å²) in [5, 5.41) is 3.56. The Morgan fingerprint density at radius 2 is 1.70 bits per heavy atom. The molecule has 2 aliphatic rings. The lowest BCUT2D eigenvalue weighted by atomic mass is 10.2. The Labute approximate surface area is 192 Å². The summed E-state index contributed by atoms with van der Waals surface area (Å²) in [4.78, 5) is 15.6. The Hall–Kier alpha value is -3.10. The molecular formula is C25H30N6O2. The minimum absolute atomic E-state index is 0.205. The number of rotatable bonds is 8. The molecule has 2 saturated heterocycles. The number of benzene rings is 2. The smallest absolute Gasteiger partial charge is 0.205 e. The zero-order valence-electron chi connectivity index (χ0n) is 18.7. The maximum atomic E-state index is 5.99. The van der Waals surface area contributed by atoms with E-state index < -0.39 is 0 Å². The van der Waals surface area contributed by atoms with Gasteiger partial charge in [0.1, 0.15) is 6.67 Å². The van der Waals surface area contributed by atoms with Gasteiger partial charge in [-0.25, -0.2) is 9.97 Å². The fraction of sp³-hybridized carbons (Fsp3) is 0.440. The molecule has 0 bridgehead atoms. The summed E-state index contributed by atoms with van der Waals surface area (Å²) in [6.07, 6.45) is 4.86. The molecule has 6 rings (SSSR count). The number of hydrogen-bond acceptors (Lipinski definition) is 6. The first-order chi connectivity index (χ1) is 16.3. The van der Waals surface area contributed by atoms with Crippen molar-refractivity contribution in [3.8, 4) is 0 Å². The third-order valence-corrected chi connectivity index (χ3v) is 6.60. The van der Waals surface area contributed by atoms with Gasteiger partial charge in [-0.05, 0) is 49.9 Å². The first-order valence-electron chi connectivity index (χ1n) is 12.0. The van der Waals surface area contributed by atoms with Crippen molar-refractivity contribution in [2.75, 3.05) is 36.5 Å². The Morgan fingerprint density at radius 1 is 0.939 bits per heavy atom. The number of imidazole rings is 2. The summed E-state index contributed by atoms with van der Waals surface area (Å²) in [6, 6.07) is 16.5. The van der Waals surface area contributed by atoms with Gasteiger partial charge in [0.15, 0.2) is 0 Å². The van der Waals surface area contributed by atoms with Crippen LogP contribution in [0.25, 0.3) is 22.1 Å². The fourth-order valence-corrected chi connectivity index (χ4v) is 4.87. The molecule has 0 spiro atoms. The van der Waals surface area contributed by atoms with Crippen LogP contribution in [0.3, 0.4) is 0 Å². The Balaban J connectivity index is 1.34. The largest absolute Gasteiger partial charge is 0.376 e. The van der Waals surface area contributed by atoms with E-state index in [1.165, 1.54) is 0 Å². The molecule has 4 aromatic rings. The maximum Gasteiger partial charge on any atom is 0.205 e. The molecule has 0 unspecified atom stereocenters. The molecule has 33 heavy (non-hydrogen) atoms. The molecule has 2 aliphatic heterocycles. The second-order valence-corrected chi connectivity index (χ2v) is 8.94. The topological polar surface area (TPSA) is 80.2 Å². The number of nitrogens with zero attached hydrogens (tertiary/aromatic N) is 4. The first-order valence-corrected chi connectivity index (χ1v) is 12.0. The molecule has 4 heterocycles. The fourth-order valence-electron chi connectivity index (χ4n) is 4.87. The molecule has 172 valence electrons. The summed E-state index contributed by atoms with van der Waals surface area (Å²) in [6.45, 7) is 3.84. The van der Waals surface area contributed by atoms with Crippen LogP contribution in [0.1, 0.15) is 25.7 Å². The van der Waals surface area contributed by atoms with Crippen LogP contribution in [0, 0.1) is 0 Å². The van der Waals surface area contributed by atoms with E-state index in [9.17, 15) is 0 Å². The highest BCUT2D eigenvalue weighted by Crippen LogP contribution is 2.25. The Kier molecular flexibility index (Phi) is 5.61. The molecule has 2 N–H and O–H groups in total. The van der Waals surface area contributed by atoms with Crippen LogP contribution in [0.2, 0.25) is 0 Å². The van der Waals surface area contributed by atoms with E-state index in [4.69, 9.17) is 19.4 Å². The highest BCUT2D eigenvalue weighted by molar-refractivity contribution is 5.79. The van der Waals surface area contributed by atoms with Crippen molar-refractivity contribution in [3.05, 3.63) is 48.5 Å². The van der Waals surface area contributed by atoms with Gasteiger partial charge in [0.2, 0.25) is 11.9 Å². The Morgan fingerprint density at radius 3 is 2.48 bits per heavy atom. The number of para-hydroxylation sites is 4. The number of H-pyrrole nitrogens is 1. The van der Waals surface area contributed by atoms with Gasteiger partial charge >= 0.3 is 0 Å².